The van der Waals surface area contributed by atoms with Gasteiger partial charge in [0.2, 0.25) is 10.0 Å². The van der Waals surface area contributed by atoms with E-state index >= 15 is 0 Å². The maximum Gasteiger partial charge on any atom is 0.241 e. The Kier molecular flexibility index (Phi) is 4.54. The standard InChI is InChI=1S/C14H12ClNO3S/c15-12-6-8-13(9-7-12)20(18,19)16-14(10-17)11-4-2-1-3-5-11/h1-10,14,16H. The summed E-state index contributed by atoms with van der Waals surface area (Å²) in [5, 5.41) is 0.443. The minimum absolute atomic E-state index is 0.0599. The molecule has 104 valence electrons. The number of rotatable bonds is 5. The molecule has 0 bridgehead atoms. The second kappa shape index (κ2) is 6.17. The summed E-state index contributed by atoms with van der Waals surface area (Å²) in [6.07, 6.45) is 0.558. The lowest BCUT2D eigenvalue weighted by Gasteiger charge is -2.13. The minimum atomic E-state index is -3.78. The first-order valence-electron chi connectivity index (χ1n) is 5.81. The lowest BCUT2D eigenvalue weighted by molar-refractivity contribution is -0.109. The molecule has 0 fully saturated rings. The van der Waals surface area contributed by atoms with Crippen LogP contribution in [-0.2, 0) is 14.8 Å². The van der Waals surface area contributed by atoms with Crippen molar-refractivity contribution >= 4 is 27.9 Å². The summed E-state index contributed by atoms with van der Waals surface area (Å²) in [4.78, 5) is 11.2. The van der Waals surface area contributed by atoms with Gasteiger partial charge in [0.05, 0.1) is 4.90 Å². The molecule has 2 rings (SSSR count). The van der Waals surface area contributed by atoms with Crippen LogP contribution in [0.15, 0.2) is 59.5 Å². The van der Waals surface area contributed by atoms with Crippen molar-refractivity contribution in [2.75, 3.05) is 0 Å². The van der Waals surface area contributed by atoms with Gasteiger partial charge in [-0.05, 0) is 29.8 Å². The lowest BCUT2D eigenvalue weighted by Crippen LogP contribution is -2.29. The van der Waals surface area contributed by atoms with E-state index < -0.39 is 16.1 Å². The van der Waals surface area contributed by atoms with E-state index in [4.69, 9.17) is 11.6 Å². The Balaban J connectivity index is 2.27. The largest absolute Gasteiger partial charge is 0.301 e. The van der Waals surface area contributed by atoms with Gasteiger partial charge < -0.3 is 4.79 Å². The number of benzene rings is 2. The van der Waals surface area contributed by atoms with E-state index in [1.54, 1.807) is 30.3 Å². The summed E-state index contributed by atoms with van der Waals surface area (Å²) in [7, 11) is -3.78. The molecule has 0 aromatic heterocycles. The number of aldehydes is 1. The van der Waals surface area contributed by atoms with E-state index in [1.165, 1.54) is 24.3 Å². The van der Waals surface area contributed by atoms with Crippen molar-refractivity contribution < 1.29 is 13.2 Å². The number of carbonyl (C=O) groups is 1. The van der Waals surface area contributed by atoms with Gasteiger partial charge in [0, 0.05) is 5.02 Å². The van der Waals surface area contributed by atoms with Crippen LogP contribution < -0.4 is 4.72 Å². The van der Waals surface area contributed by atoms with Gasteiger partial charge in [-0.1, -0.05) is 41.9 Å². The molecule has 1 N–H and O–H groups in total. The molecule has 0 aliphatic rings. The second-order valence-electron chi connectivity index (χ2n) is 4.10. The maximum absolute atomic E-state index is 12.2. The van der Waals surface area contributed by atoms with Crippen molar-refractivity contribution in [3.63, 3.8) is 0 Å². The highest BCUT2D eigenvalue weighted by molar-refractivity contribution is 7.89. The number of carbonyl (C=O) groups excluding carboxylic acids is 1. The molecule has 2 aromatic carbocycles. The van der Waals surface area contributed by atoms with Crippen molar-refractivity contribution in [2.24, 2.45) is 0 Å². The van der Waals surface area contributed by atoms with Crippen LogP contribution in [0.5, 0.6) is 0 Å². The van der Waals surface area contributed by atoms with Gasteiger partial charge in [-0.3, -0.25) is 0 Å². The van der Waals surface area contributed by atoms with Crippen LogP contribution >= 0.6 is 11.6 Å². The summed E-state index contributed by atoms with van der Waals surface area (Å²) in [5.74, 6) is 0. The summed E-state index contributed by atoms with van der Waals surface area (Å²) < 4.78 is 26.7. The van der Waals surface area contributed by atoms with Crippen LogP contribution in [-0.4, -0.2) is 14.7 Å². The molecule has 0 amide bonds. The van der Waals surface area contributed by atoms with Gasteiger partial charge in [-0.2, -0.15) is 4.72 Å². The van der Waals surface area contributed by atoms with E-state index in [1.807, 2.05) is 0 Å². The van der Waals surface area contributed by atoms with Crippen LogP contribution in [0.25, 0.3) is 0 Å². The zero-order valence-corrected chi connectivity index (χ0v) is 11.9. The first-order chi connectivity index (χ1) is 9.53. The Hall–Kier alpha value is -1.69. The Morgan fingerprint density at radius 2 is 1.60 bits per heavy atom. The quantitative estimate of drug-likeness (QED) is 0.863. The van der Waals surface area contributed by atoms with Gasteiger partial charge in [0.1, 0.15) is 12.3 Å². The van der Waals surface area contributed by atoms with Crippen LogP contribution in [0.3, 0.4) is 0 Å². The molecule has 0 saturated heterocycles. The lowest BCUT2D eigenvalue weighted by atomic mass is 10.1. The van der Waals surface area contributed by atoms with Crippen molar-refractivity contribution in [2.45, 2.75) is 10.9 Å². The molecule has 2 aromatic rings. The molecule has 6 heteroatoms. The number of hydrogen-bond acceptors (Lipinski definition) is 3. The molecule has 0 spiro atoms. The molecule has 20 heavy (non-hydrogen) atoms. The Bertz CT molecular complexity index is 684. The molecule has 0 radical (unpaired) electrons. The van der Waals surface area contributed by atoms with E-state index in [-0.39, 0.29) is 4.90 Å². The van der Waals surface area contributed by atoms with Gasteiger partial charge >= 0.3 is 0 Å². The van der Waals surface area contributed by atoms with E-state index in [9.17, 15) is 13.2 Å². The highest BCUT2D eigenvalue weighted by Gasteiger charge is 2.20. The van der Waals surface area contributed by atoms with Gasteiger partial charge in [-0.25, -0.2) is 8.42 Å². The van der Waals surface area contributed by atoms with Gasteiger partial charge in [0.25, 0.3) is 0 Å². The van der Waals surface area contributed by atoms with Crippen LogP contribution in [0.2, 0.25) is 5.02 Å². The molecule has 0 aliphatic heterocycles. The summed E-state index contributed by atoms with van der Waals surface area (Å²) in [6, 6.07) is 13.5. The SMILES string of the molecule is O=CC(NS(=O)(=O)c1ccc(Cl)cc1)c1ccccc1. The van der Waals surface area contributed by atoms with Crippen LogP contribution in [0.1, 0.15) is 11.6 Å². The van der Waals surface area contributed by atoms with Crippen molar-refractivity contribution in [3.05, 3.63) is 65.2 Å². The Morgan fingerprint density at radius 1 is 1.00 bits per heavy atom. The summed E-state index contributed by atoms with van der Waals surface area (Å²) in [5.41, 5.74) is 0.583. The molecule has 0 saturated carbocycles. The fourth-order valence-electron chi connectivity index (χ4n) is 1.68. The maximum atomic E-state index is 12.2. The minimum Gasteiger partial charge on any atom is -0.301 e. The molecule has 4 nitrogen and oxygen atoms in total. The van der Waals surface area contributed by atoms with Gasteiger partial charge in [0.15, 0.2) is 0 Å². The zero-order valence-electron chi connectivity index (χ0n) is 10.4. The first-order valence-corrected chi connectivity index (χ1v) is 7.67. The Morgan fingerprint density at radius 3 is 2.15 bits per heavy atom. The fourth-order valence-corrected chi connectivity index (χ4v) is 2.97. The predicted octanol–water partition coefficient (Wildman–Crippen LogP) is 2.56. The van der Waals surface area contributed by atoms with E-state index in [0.29, 0.717) is 16.9 Å². The third kappa shape index (κ3) is 3.45. The highest BCUT2D eigenvalue weighted by atomic mass is 35.5. The van der Waals surface area contributed by atoms with E-state index in [0.717, 1.165) is 0 Å². The molecular weight excluding hydrogens is 298 g/mol. The molecule has 1 unspecified atom stereocenters. The third-order valence-corrected chi connectivity index (χ3v) is 4.41. The molecular formula is C14H12ClNO3S. The monoisotopic (exact) mass is 309 g/mol. The average Bonchev–Trinajstić information content (AvgIpc) is 2.46. The topological polar surface area (TPSA) is 63.2 Å². The fraction of sp³-hybridized carbons (Fsp3) is 0.0714. The summed E-state index contributed by atoms with van der Waals surface area (Å²) in [6.45, 7) is 0. The van der Waals surface area contributed by atoms with Crippen molar-refractivity contribution in [3.8, 4) is 0 Å². The zero-order chi connectivity index (χ0) is 14.6. The van der Waals surface area contributed by atoms with Crippen molar-refractivity contribution in [1.29, 1.82) is 0 Å². The first kappa shape index (κ1) is 14.7. The normalized spacial score (nSPS) is 12.8. The van der Waals surface area contributed by atoms with Crippen LogP contribution in [0.4, 0.5) is 0 Å². The smallest absolute Gasteiger partial charge is 0.241 e. The molecule has 1 atom stereocenters. The number of sulfonamides is 1. The third-order valence-electron chi connectivity index (χ3n) is 2.70. The molecule has 0 aliphatic carbocycles. The second-order valence-corrected chi connectivity index (χ2v) is 6.25. The Labute approximate surface area is 122 Å². The number of hydrogen-bond donors (Lipinski definition) is 1. The van der Waals surface area contributed by atoms with Crippen molar-refractivity contribution in [1.82, 2.24) is 4.72 Å². The van der Waals surface area contributed by atoms with E-state index in [2.05, 4.69) is 4.72 Å². The predicted molar refractivity (Wildman–Crippen MR) is 77.0 cm³/mol. The summed E-state index contributed by atoms with van der Waals surface area (Å²) >= 11 is 5.72. The van der Waals surface area contributed by atoms with Gasteiger partial charge in [-0.15, -0.1) is 0 Å². The molecule has 0 heterocycles. The average molecular weight is 310 g/mol. The van der Waals surface area contributed by atoms with Crippen LogP contribution in [0, 0.1) is 0 Å². The highest BCUT2D eigenvalue weighted by Crippen LogP contribution is 2.17. The number of halogens is 1. The number of nitrogens with one attached hydrogen (secondary N) is 1.